The molecular formula is C14H21N5. The molecule has 19 heavy (non-hydrogen) atoms. The van der Waals surface area contributed by atoms with E-state index >= 15 is 0 Å². The summed E-state index contributed by atoms with van der Waals surface area (Å²) >= 11 is 0. The van der Waals surface area contributed by atoms with Crippen LogP contribution in [-0.4, -0.2) is 29.3 Å². The first-order chi connectivity index (χ1) is 9.30. The van der Waals surface area contributed by atoms with E-state index in [9.17, 15) is 5.26 Å². The van der Waals surface area contributed by atoms with Crippen LogP contribution in [-0.2, 0) is 12.8 Å². The van der Waals surface area contributed by atoms with Gasteiger partial charge in [-0.15, -0.1) is 5.10 Å². The molecule has 0 aliphatic carbocycles. The highest BCUT2D eigenvalue weighted by Gasteiger charge is 2.18. The number of piperidine rings is 1. The normalized spacial score (nSPS) is 16.1. The maximum absolute atomic E-state index is 9.41. The van der Waals surface area contributed by atoms with E-state index in [1.807, 2.05) is 6.92 Å². The minimum Gasteiger partial charge on any atom is -0.365 e. The third-order valence-corrected chi connectivity index (χ3v) is 3.64. The second-order valence-electron chi connectivity index (χ2n) is 4.84. The van der Waals surface area contributed by atoms with Gasteiger partial charge in [0.15, 0.2) is 5.82 Å². The standard InChI is InChI=1S/C14H21N5/c1-3-11-12(9-15)14(19-18-13(11)4-2)17-10-5-7-16-8-6-10/h10,16H,3-8H2,1-2H3,(H,17,19). The molecular weight excluding hydrogens is 238 g/mol. The van der Waals surface area contributed by atoms with Gasteiger partial charge in [-0.1, -0.05) is 13.8 Å². The summed E-state index contributed by atoms with van der Waals surface area (Å²) in [5, 5.41) is 24.6. The van der Waals surface area contributed by atoms with Crippen LogP contribution in [0.3, 0.4) is 0 Å². The summed E-state index contributed by atoms with van der Waals surface area (Å²) in [5.74, 6) is 0.656. The Balaban J connectivity index is 2.27. The van der Waals surface area contributed by atoms with Gasteiger partial charge in [0.1, 0.15) is 11.6 Å². The first-order valence-electron chi connectivity index (χ1n) is 7.05. The number of aryl methyl sites for hydroxylation is 1. The van der Waals surface area contributed by atoms with Crippen LogP contribution >= 0.6 is 0 Å². The molecule has 0 unspecified atom stereocenters. The van der Waals surface area contributed by atoms with Gasteiger partial charge in [-0.05, 0) is 44.3 Å². The molecule has 0 aromatic carbocycles. The zero-order valence-electron chi connectivity index (χ0n) is 11.7. The van der Waals surface area contributed by atoms with Crippen molar-refractivity contribution < 1.29 is 0 Å². The van der Waals surface area contributed by atoms with Gasteiger partial charge in [0.05, 0.1) is 5.69 Å². The summed E-state index contributed by atoms with van der Waals surface area (Å²) in [6.07, 6.45) is 3.76. The lowest BCUT2D eigenvalue weighted by Gasteiger charge is -2.24. The van der Waals surface area contributed by atoms with E-state index in [-0.39, 0.29) is 0 Å². The summed E-state index contributed by atoms with van der Waals surface area (Å²) in [5.41, 5.74) is 2.65. The van der Waals surface area contributed by atoms with Crippen molar-refractivity contribution in [3.63, 3.8) is 0 Å². The molecule has 1 aliphatic rings. The largest absolute Gasteiger partial charge is 0.365 e. The summed E-state index contributed by atoms with van der Waals surface area (Å²) < 4.78 is 0. The molecule has 0 radical (unpaired) electrons. The third-order valence-electron chi connectivity index (χ3n) is 3.64. The lowest BCUT2D eigenvalue weighted by molar-refractivity contribution is 0.477. The number of nitrogens with one attached hydrogen (secondary N) is 2. The van der Waals surface area contributed by atoms with Crippen LogP contribution in [0.2, 0.25) is 0 Å². The molecule has 0 spiro atoms. The van der Waals surface area contributed by atoms with Gasteiger partial charge >= 0.3 is 0 Å². The van der Waals surface area contributed by atoms with Crippen LogP contribution < -0.4 is 10.6 Å². The second-order valence-corrected chi connectivity index (χ2v) is 4.84. The van der Waals surface area contributed by atoms with Gasteiger partial charge in [-0.2, -0.15) is 10.4 Å². The van der Waals surface area contributed by atoms with Gasteiger partial charge in [-0.25, -0.2) is 0 Å². The Morgan fingerprint density at radius 1 is 1.26 bits per heavy atom. The molecule has 5 heteroatoms. The average Bonchev–Trinajstić information content (AvgIpc) is 2.47. The van der Waals surface area contributed by atoms with E-state index in [1.54, 1.807) is 0 Å². The van der Waals surface area contributed by atoms with Crippen molar-refractivity contribution in [2.45, 2.75) is 45.6 Å². The average molecular weight is 259 g/mol. The number of nitrogens with zero attached hydrogens (tertiary/aromatic N) is 3. The van der Waals surface area contributed by atoms with E-state index in [1.165, 1.54) is 0 Å². The Labute approximate surface area is 114 Å². The number of aromatic nitrogens is 2. The molecule has 1 aromatic rings. The number of hydrogen-bond acceptors (Lipinski definition) is 5. The van der Waals surface area contributed by atoms with Crippen LogP contribution in [0.15, 0.2) is 0 Å². The molecule has 0 amide bonds. The minimum atomic E-state index is 0.389. The zero-order valence-corrected chi connectivity index (χ0v) is 11.7. The van der Waals surface area contributed by atoms with Crippen LogP contribution in [0.25, 0.3) is 0 Å². The molecule has 1 saturated heterocycles. The van der Waals surface area contributed by atoms with Crippen molar-refractivity contribution in [2.75, 3.05) is 18.4 Å². The molecule has 0 atom stereocenters. The van der Waals surface area contributed by atoms with Gasteiger partial charge in [0.25, 0.3) is 0 Å². The van der Waals surface area contributed by atoms with E-state index in [0.29, 0.717) is 17.4 Å². The summed E-state index contributed by atoms with van der Waals surface area (Å²) in [6.45, 7) is 6.14. The molecule has 1 aliphatic heterocycles. The maximum Gasteiger partial charge on any atom is 0.167 e. The first-order valence-corrected chi connectivity index (χ1v) is 7.05. The molecule has 0 bridgehead atoms. The van der Waals surface area contributed by atoms with Crippen molar-refractivity contribution in [2.24, 2.45) is 0 Å². The van der Waals surface area contributed by atoms with E-state index < -0.39 is 0 Å². The van der Waals surface area contributed by atoms with E-state index in [4.69, 9.17) is 0 Å². The van der Waals surface area contributed by atoms with Crippen LogP contribution in [0.4, 0.5) is 5.82 Å². The van der Waals surface area contributed by atoms with Crippen molar-refractivity contribution in [1.29, 1.82) is 5.26 Å². The van der Waals surface area contributed by atoms with Crippen LogP contribution in [0.1, 0.15) is 43.5 Å². The topological polar surface area (TPSA) is 73.6 Å². The van der Waals surface area contributed by atoms with Crippen molar-refractivity contribution in [3.05, 3.63) is 16.8 Å². The molecule has 102 valence electrons. The Bertz CT molecular complexity index is 471. The van der Waals surface area contributed by atoms with Crippen molar-refractivity contribution in [3.8, 4) is 6.07 Å². The smallest absolute Gasteiger partial charge is 0.167 e. The first kappa shape index (κ1) is 13.8. The van der Waals surface area contributed by atoms with Gasteiger partial charge in [-0.3, -0.25) is 0 Å². The lowest BCUT2D eigenvalue weighted by Crippen LogP contribution is -2.35. The lowest BCUT2D eigenvalue weighted by atomic mass is 10.0. The SMILES string of the molecule is CCc1nnc(NC2CCNCC2)c(C#N)c1CC. The summed E-state index contributed by atoms with van der Waals surface area (Å²) in [4.78, 5) is 0. The van der Waals surface area contributed by atoms with Gasteiger partial charge < -0.3 is 10.6 Å². The highest BCUT2D eigenvalue weighted by atomic mass is 15.2. The molecule has 2 N–H and O–H groups in total. The monoisotopic (exact) mass is 259 g/mol. The Hall–Kier alpha value is -1.67. The molecule has 5 nitrogen and oxygen atoms in total. The quantitative estimate of drug-likeness (QED) is 0.860. The summed E-state index contributed by atoms with van der Waals surface area (Å²) in [7, 11) is 0. The Morgan fingerprint density at radius 3 is 2.58 bits per heavy atom. The van der Waals surface area contributed by atoms with Crippen molar-refractivity contribution >= 4 is 5.82 Å². The fourth-order valence-corrected chi connectivity index (χ4v) is 2.55. The second kappa shape index (κ2) is 6.48. The highest BCUT2D eigenvalue weighted by Crippen LogP contribution is 2.21. The van der Waals surface area contributed by atoms with Gasteiger partial charge in [0, 0.05) is 6.04 Å². The third kappa shape index (κ3) is 3.02. The molecule has 1 aromatic heterocycles. The van der Waals surface area contributed by atoms with Crippen LogP contribution in [0, 0.1) is 11.3 Å². The fraction of sp³-hybridized carbons (Fsp3) is 0.643. The number of rotatable bonds is 4. The summed E-state index contributed by atoms with van der Waals surface area (Å²) in [6, 6.07) is 2.69. The predicted octanol–water partition coefficient (Wildman–Crippen LogP) is 1.64. The minimum absolute atomic E-state index is 0.389. The van der Waals surface area contributed by atoms with E-state index in [0.717, 1.165) is 50.0 Å². The number of anilines is 1. The number of nitriles is 1. The highest BCUT2D eigenvalue weighted by molar-refractivity contribution is 5.56. The zero-order chi connectivity index (χ0) is 13.7. The predicted molar refractivity (Wildman–Crippen MR) is 75.0 cm³/mol. The Morgan fingerprint density at radius 2 is 2.00 bits per heavy atom. The molecule has 0 saturated carbocycles. The van der Waals surface area contributed by atoms with Crippen LogP contribution in [0.5, 0.6) is 0 Å². The Kier molecular flexibility index (Phi) is 4.69. The van der Waals surface area contributed by atoms with E-state index in [2.05, 4.69) is 33.8 Å². The fourth-order valence-electron chi connectivity index (χ4n) is 2.55. The van der Waals surface area contributed by atoms with Gasteiger partial charge in [0.2, 0.25) is 0 Å². The maximum atomic E-state index is 9.41. The number of hydrogen-bond donors (Lipinski definition) is 2. The molecule has 1 fully saturated rings. The molecule has 2 heterocycles. The molecule has 2 rings (SSSR count). The van der Waals surface area contributed by atoms with Crippen molar-refractivity contribution in [1.82, 2.24) is 15.5 Å².